The molecule has 6 nitrogen and oxygen atoms in total. The van der Waals surface area contributed by atoms with Crippen LogP contribution in [0.3, 0.4) is 0 Å². The van der Waals surface area contributed by atoms with E-state index in [4.69, 9.17) is 9.72 Å². The highest BCUT2D eigenvalue weighted by Crippen LogP contribution is 2.37. The topological polar surface area (TPSA) is 62.7 Å². The number of fused-ring (bicyclic) bond motifs is 2. The molecule has 0 radical (unpaired) electrons. The molecule has 156 valence electrons. The van der Waals surface area contributed by atoms with Crippen LogP contribution in [0.4, 0.5) is 11.5 Å². The van der Waals surface area contributed by atoms with Gasteiger partial charge in [0.05, 0.1) is 30.1 Å². The molecule has 0 unspecified atom stereocenters. The molecule has 6 heteroatoms. The number of amides is 1. The number of allylic oxidation sites excluding steroid dienone is 1. The maximum atomic E-state index is 13.2. The Morgan fingerprint density at radius 1 is 1.10 bits per heavy atom. The van der Waals surface area contributed by atoms with Gasteiger partial charge in [-0.1, -0.05) is 23.8 Å². The molecule has 1 fully saturated rings. The summed E-state index contributed by atoms with van der Waals surface area (Å²) in [7, 11) is 0. The average Bonchev–Trinajstić information content (AvgIpc) is 3.06. The Labute approximate surface area is 180 Å². The zero-order chi connectivity index (χ0) is 21.5. The zero-order valence-corrected chi connectivity index (χ0v) is 17.6. The van der Waals surface area contributed by atoms with Gasteiger partial charge in [-0.05, 0) is 43.3 Å². The van der Waals surface area contributed by atoms with Gasteiger partial charge in [-0.25, -0.2) is 4.98 Å². The minimum absolute atomic E-state index is 0.150. The largest absolute Gasteiger partial charge is 0.378 e. The second kappa shape index (κ2) is 7.63. The summed E-state index contributed by atoms with van der Waals surface area (Å²) in [6.07, 6.45) is 1.81. The predicted octanol–water partition coefficient (Wildman–Crippen LogP) is 3.97. The number of aryl methyl sites for hydroxylation is 1. The molecule has 0 saturated carbocycles. The molecule has 0 atom stereocenters. The van der Waals surface area contributed by atoms with Crippen molar-refractivity contribution >= 4 is 40.2 Å². The van der Waals surface area contributed by atoms with E-state index in [0.29, 0.717) is 30.2 Å². The molecule has 31 heavy (non-hydrogen) atoms. The zero-order valence-electron chi connectivity index (χ0n) is 17.6. The lowest BCUT2D eigenvalue weighted by Gasteiger charge is -2.29. The Balaban J connectivity index is 1.70. The number of hydrogen-bond acceptors (Lipinski definition) is 5. The van der Waals surface area contributed by atoms with Crippen molar-refractivity contribution in [2.24, 2.45) is 0 Å². The third kappa shape index (κ3) is 3.39. The molecule has 1 amide bonds. The monoisotopic (exact) mass is 413 g/mol. The third-order valence-electron chi connectivity index (χ3n) is 5.76. The molecule has 2 aliphatic heterocycles. The van der Waals surface area contributed by atoms with Crippen LogP contribution < -0.4 is 9.80 Å². The van der Waals surface area contributed by atoms with Crippen LogP contribution in [0.25, 0.3) is 17.0 Å². The Kier molecular flexibility index (Phi) is 4.79. The number of anilines is 2. The number of pyridine rings is 1. The van der Waals surface area contributed by atoms with Gasteiger partial charge in [-0.15, -0.1) is 0 Å². The highest BCUT2D eigenvalue weighted by molar-refractivity contribution is 6.26. The lowest BCUT2D eigenvalue weighted by Crippen LogP contribution is -2.37. The number of carbonyl (C=O) groups excluding carboxylic acids is 2. The number of carbonyl (C=O) groups is 2. The highest BCUT2D eigenvalue weighted by Gasteiger charge is 2.34. The van der Waals surface area contributed by atoms with Crippen LogP contribution in [-0.4, -0.2) is 43.0 Å². The number of aromatic nitrogens is 1. The molecule has 2 aromatic carbocycles. The minimum Gasteiger partial charge on any atom is -0.378 e. The number of morpholine rings is 1. The molecule has 0 aliphatic carbocycles. The van der Waals surface area contributed by atoms with Crippen LogP contribution >= 0.6 is 0 Å². The smallest absolute Gasteiger partial charge is 0.228 e. The van der Waals surface area contributed by atoms with E-state index in [1.165, 1.54) is 11.8 Å². The first-order valence-electron chi connectivity index (χ1n) is 10.4. The number of para-hydroxylation sites is 1. The third-order valence-corrected chi connectivity index (χ3v) is 5.76. The molecule has 0 N–H and O–H groups in total. The van der Waals surface area contributed by atoms with Gasteiger partial charge in [0.15, 0.2) is 0 Å². The maximum Gasteiger partial charge on any atom is 0.228 e. The Morgan fingerprint density at radius 3 is 2.65 bits per heavy atom. The number of benzene rings is 2. The lowest BCUT2D eigenvalue weighted by atomic mass is 10.1. The van der Waals surface area contributed by atoms with Crippen LogP contribution in [0.15, 0.2) is 54.2 Å². The molecule has 3 aromatic rings. The first-order chi connectivity index (χ1) is 15.0. The van der Waals surface area contributed by atoms with Gasteiger partial charge in [-0.2, -0.15) is 0 Å². The van der Waals surface area contributed by atoms with Gasteiger partial charge < -0.3 is 9.64 Å². The van der Waals surface area contributed by atoms with Crippen LogP contribution in [0.5, 0.6) is 0 Å². The van der Waals surface area contributed by atoms with Crippen molar-refractivity contribution < 1.29 is 14.3 Å². The van der Waals surface area contributed by atoms with Crippen molar-refractivity contribution in [1.82, 2.24) is 4.98 Å². The van der Waals surface area contributed by atoms with E-state index in [1.807, 2.05) is 37.3 Å². The molecule has 0 bridgehead atoms. The van der Waals surface area contributed by atoms with E-state index in [9.17, 15) is 9.59 Å². The van der Waals surface area contributed by atoms with Crippen molar-refractivity contribution in [1.29, 1.82) is 0 Å². The Morgan fingerprint density at radius 2 is 1.87 bits per heavy atom. The lowest BCUT2D eigenvalue weighted by molar-refractivity contribution is -0.116. The second-order valence-corrected chi connectivity index (χ2v) is 7.93. The van der Waals surface area contributed by atoms with Gasteiger partial charge in [0.1, 0.15) is 5.82 Å². The number of Topliss-reactive ketones (excluding diaryl/α,β-unsaturated/α-hetero) is 1. The van der Waals surface area contributed by atoms with E-state index in [-0.39, 0.29) is 11.7 Å². The molecular formula is C25H23N3O3. The predicted molar refractivity (Wildman–Crippen MR) is 121 cm³/mol. The molecule has 1 saturated heterocycles. The number of ketones is 1. The van der Waals surface area contributed by atoms with E-state index < -0.39 is 0 Å². The summed E-state index contributed by atoms with van der Waals surface area (Å²) in [4.78, 5) is 34.3. The minimum atomic E-state index is -0.193. The summed E-state index contributed by atoms with van der Waals surface area (Å²) in [6, 6.07) is 15.4. The standard InChI is InChI=1S/C25H23N3O3/c1-16-7-8-21-18(13-16)14-19(25(26-21)27-9-11-31-12-10-27)15-23-24(30)20-5-3-4-6-22(20)28(23)17(2)29/h3-8,13-15H,9-12H2,1-2H3. The molecule has 1 aromatic heterocycles. The number of ether oxygens (including phenoxy) is 1. The molecule has 5 rings (SSSR count). The van der Waals surface area contributed by atoms with E-state index >= 15 is 0 Å². The summed E-state index contributed by atoms with van der Waals surface area (Å²) in [5.74, 6) is 0.463. The fourth-order valence-electron chi connectivity index (χ4n) is 4.28. The van der Waals surface area contributed by atoms with Gasteiger partial charge >= 0.3 is 0 Å². The fourth-order valence-corrected chi connectivity index (χ4v) is 4.28. The summed E-state index contributed by atoms with van der Waals surface area (Å²) >= 11 is 0. The van der Waals surface area contributed by atoms with Gasteiger partial charge in [0, 0.05) is 36.5 Å². The van der Waals surface area contributed by atoms with Crippen LogP contribution in [-0.2, 0) is 9.53 Å². The summed E-state index contributed by atoms with van der Waals surface area (Å²) < 4.78 is 5.51. The van der Waals surface area contributed by atoms with Crippen molar-refractivity contribution in [2.45, 2.75) is 13.8 Å². The van der Waals surface area contributed by atoms with Crippen molar-refractivity contribution in [3.05, 3.63) is 70.9 Å². The number of hydrogen-bond donors (Lipinski definition) is 0. The van der Waals surface area contributed by atoms with Crippen molar-refractivity contribution in [3.63, 3.8) is 0 Å². The second-order valence-electron chi connectivity index (χ2n) is 7.93. The molecular weight excluding hydrogens is 390 g/mol. The summed E-state index contributed by atoms with van der Waals surface area (Å²) in [6.45, 7) is 6.24. The van der Waals surface area contributed by atoms with Crippen molar-refractivity contribution in [2.75, 3.05) is 36.1 Å². The van der Waals surface area contributed by atoms with E-state index in [0.717, 1.165) is 40.9 Å². The van der Waals surface area contributed by atoms with Crippen LogP contribution in [0.2, 0.25) is 0 Å². The van der Waals surface area contributed by atoms with E-state index in [1.54, 1.807) is 12.1 Å². The Hall–Kier alpha value is -3.51. The first kappa shape index (κ1) is 19.5. The average molecular weight is 413 g/mol. The highest BCUT2D eigenvalue weighted by atomic mass is 16.5. The van der Waals surface area contributed by atoms with Gasteiger partial charge in [0.25, 0.3) is 0 Å². The van der Waals surface area contributed by atoms with Crippen molar-refractivity contribution in [3.8, 4) is 0 Å². The summed E-state index contributed by atoms with van der Waals surface area (Å²) in [5, 5.41) is 1.00. The van der Waals surface area contributed by atoms with Gasteiger partial charge in [0.2, 0.25) is 11.7 Å². The van der Waals surface area contributed by atoms with Gasteiger partial charge in [-0.3, -0.25) is 14.5 Å². The Bertz CT molecular complexity index is 1240. The van der Waals surface area contributed by atoms with Crippen LogP contribution in [0.1, 0.15) is 28.4 Å². The SMILES string of the molecule is CC(=O)N1C(=Cc2cc3cc(C)ccc3nc2N2CCOCC2)C(=O)c2ccccc21. The molecule has 3 heterocycles. The maximum absolute atomic E-state index is 13.2. The molecule has 2 aliphatic rings. The number of rotatable bonds is 2. The first-order valence-corrected chi connectivity index (χ1v) is 10.4. The molecule has 0 spiro atoms. The van der Waals surface area contributed by atoms with E-state index in [2.05, 4.69) is 17.0 Å². The quantitative estimate of drug-likeness (QED) is 0.595. The fraction of sp³-hybridized carbons (Fsp3) is 0.240. The van der Waals surface area contributed by atoms with Crippen LogP contribution in [0, 0.1) is 6.92 Å². The summed E-state index contributed by atoms with van der Waals surface area (Å²) in [5.41, 5.74) is 4.39. The number of nitrogens with zero attached hydrogens (tertiary/aromatic N) is 3. The normalized spacial score (nSPS) is 17.5.